The van der Waals surface area contributed by atoms with Crippen LogP contribution in [0.25, 0.3) is 10.8 Å². The van der Waals surface area contributed by atoms with Gasteiger partial charge in [-0.3, -0.25) is 15.1 Å². The average Bonchev–Trinajstić information content (AvgIpc) is 2.42. The van der Waals surface area contributed by atoms with Gasteiger partial charge in [-0.2, -0.15) is 13.2 Å². The van der Waals surface area contributed by atoms with Crippen LogP contribution in [-0.4, -0.2) is 22.6 Å². The van der Waals surface area contributed by atoms with E-state index in [2.05, 4.69) is 10.3 Å². The summed E-state index contributed by atoms with van der Waals surface area (Å²) in [7, 11) is 0. The molecule has 0 spiro atoms. The van der Waals surface area contributed by atoms with Gasteiger partial charge in [-0.15, -0.1) is 0 Å². The van der Waals surface area contributed by atoms with Gasteiger partial charge in [-0.1, -0.05) is 0 Å². The van der Waals surface area contributed by atoms with E-state index in [1.807, 2.05) is 0 Å². The van der Waals surface area contributed by atoms with Crippen molar-refractivity contribution in [1.29, 1.82) is 0 Å². The van der Waals surface area contributed by atoms with Crippen molar-refractivity contribution in [1.82, 2.24) is 4.98 Å². The van der Waals surface area contributed by atoms with Crippen molar-refractivity contribution in [2.24, 2.45) is 0 Å². The molecule has 5 nitrogen and oxygen atoms in total. The Hall–Kier alpha value is -2.38. The van der Waals surface area contributed by atoms with E-state index in [4.69, 9.17) is 0 Å². The lowest BCUT2D eigenvalue weighted by molar-refractivity contribution is -0.383. The lowest BCUT2D eigenvalue weighted by Crippen LogP contribution is -2.11. The van der Waals surface area contributed by atoms with Gasteiger partial charge >= 0.3 is 6.18 Å². The molecule has 2 aromatic rings. The molecule has 1 aromatic carbocycles. The molecule has 0 bridgehead atoms. The second kappa shape index (κ2) is 5.94. The Morgan fingerprint density at radius 3 is 2.67 bits per heavy atom. The second-order valence-electron chi connectivity index (χ2n) is 4.46. The largest absolute Gasteiger partial charge is 0.389 e. The second-order valence-corrected chi connectivity index (χ2v) is 4.46. The molecule has 0 saturated carbocycles. The maximum absolute atomic E-state index is 12.1. The summed E-state index contributed by atoms with van der Waals surface area (Å²) in [4.78, 5) is 14.3. The molecule has 0 fully saturated rings. The smallest absolute Gasteiger partial charge is 0.384 e. The molecule has 2 rings (SSSR count). The number of fused-ring (bicyclic) bond motifs is 1. The highest BCUT2D eigenvalue weighted by Gasteiger charge is 2.25. The Morgan fingerprint density at radius 1 is 1.24 bits per heavy atom. The first kappa shape index (κ1) is 15.0. The number of benzene rings is 1. The van der Waals surface area contributed by atoms with Gasteiger partial charge < -0.3 is 5.32 Å². The number of hydrogen-bond acceptors (Lipinski definition) is 4. The Bertz CT molecular complexity index is 659. The summed E-state index contributed by atoms with van der Waals surface area (Å²) in [6.45, 7) is 0.126. The number of non-ortho nitro benzene ring substituents is 1. The molecule has 1 N–H and O–H groups in total. The molecule has 1 heterocycles. The van der Waals surface area contributed by atoms with Crippen molar-refractivity contribution in [3.63, 3.8) is 0 Å². The Kier molecular flexibility index (Phi) is 4.25. The van der Waals surface area contributed by atoms with Crippen molar-refractivity contribution in [2.45, 2.75) is 19.0 Å². The number of alkyl halides is 3. The van der Waals surface area contributed by atoms with Crippen molar-refractivity contribution >= 4 is 22.1 Å². The topological polar surface area (TPSA) is 68.1 Å². The van der Waals surface area contributed by atoms with Gasteiger partial charge in [0.25, 0.3) is 5.69 Å². The van der Waals surface area contributed by atoms with E-state index in [0.717, 1.165) is 0 Å². The van der Waals surface area contributed by atoms with Crippen LogP contribution >= 0.6 is 0 Å². The minimum absolute atomic E-state index is 0.0618. The molecule has 21 heavy (non-hydrogen) atoms. The standard InChI is InChI=1S/C13H12F3N3O2/c14-13(15,16)5-1-6-18-11-2-3-12(19(20)21)9-4-7-17-8-10(9)11/h2-4,7-8,18H,1,5-6H2. The van der Waals surface area contributed by atoms with Gasteiger partial charge in [-0.25, -0.2) is 0 Å². The predicted octanol–water partition coefficient (Wildman–Crippen LogP) is 3.90. The van der Waals surface area contributed by atoms with Crippen LogP contribution in [0.1, 0.15) is 12.8 Å². The number of hydrogen-bond donors (Lipinski definition) is 1. The monoisotopic (exact) mass is 299 g/mol. The van der Waals surface area contributed by atoms with Gasteiger partial charge in [0.15, 0.2) is 0 Å². The van der Waals surface area contributed by atoms with Crippen molar-refractivity contribution < 1.29 is 18.1 Å². The molecule has 0 aliphatic heterocycles. The van der Waals surface area contributed by atoms with Gasteiger partial charge in [0, 0.05) is 42.5 Å². The van der Waals surface area contributed by atoms with Crippen LogP contribution in [0.4, 0.5) is 24.5 Å². The van der Waals surface area contributed by atoms with E-state index < -0.39 is 17.5 Å². The predicted molar refractivity (Wildman–Crippen MR) is 72.2 cm³/mol. The first-order valence-electron chi connectivity index (χ1n) is 6.20. The maximum Gasteiger partial charge on any atom is 0.389 e. The summed E-state index contributed by atoms with van der Waals surface area (Å²) < 4.78 is 36.2. The fraction of sp³-hybridized carbons (Fsp3) is 0.308. The zero-order valence-electron chi connectivity index (χ0n) is 10.9. The van der Waals surface area contributed by atoms with Crippen molar-refractivity contribution in [3.05, 3.63) is 40.7 Å². The van der Waals surface area contributed by atoms with Crippen LogP contribution in [0.5, 0.6) is 0 Å². The van der Waals surface area contributed by atoms with E-state index in [0.29, 0.717) is 16.5 Å². The quantitative estimate of drug-likeness (QED) is 0.516. The summed E-state index contributed by atoms with van der Waals surface area (Å²) in [5.41, 5.74) is 0.471. The first-order chi connectivity index (χ1) is 9.88. The highest BCUT2D eigenvalue weighted by atomic mass is 19.4. The number of nitro groups is 1. The highest BCUT2D eigenvalue weighted by Crippen LogP contribution is 2.30. The molecular formula is C13H12F3N3O2. The number of nitrogens with one attached hydrogen (secondary N) is 1. The highest BCUT2D eigenvalue weighted by molar-refractivity contribution is 5.99. The van der Waals surface area contributed by atoms with Gasteiger partial charge in [-0.05, 0) is 18.6 Å². The van der Waals surface area contributed by atoms with Crippen molar-refractivity contribution in [2.75, 3.05) is 11.9 Å². The molecule has 1 aromatic heterocycles. The number of pyridine rings is 1. The van der Waals surface area contributed by atoms with Crippen LogP contribution in [0.2, 0.25) is 0 Å². The Balaban J connectivity index is 2.18. The Labute approximate surface area is 117 Å². The number of rotatable bonds is 5. The van der Waals surface area contributed by atoms with E-state index in [9.17, 15) is 23.3 Å². The van der Waals surface area contributed by atoms with Crippen LogP contribution in [0, 0.1) is 10.1 Å². The number of anilines is 1. The molecule has 112 valence electrons. The summed E-state index contributed by atoms with van der Waals surface area (Å²) in [6.07, 6.45) is -2.23. The molecule has 0 radical (unpaired) electrons. The lowest BCUT2D eigenvalue weighted by atomic mass is 10.1. The average molecular weight is 299 g/mol. The third-order valence-electron chi connectivity index (χ3n) is 2.94. The summed E-state index contributed by atoms with van der Waals surface area (Å²) in [5, 5.41) is 14.7. The summed E-state index contributed by atoms with van der Waals surface area (Å²) in [5.74, 6) is 0. The molecule has 0 atom stereocenters. The normalized spacial score (nSPS) is 11.6. The number of nitro benzene ring substituents is 1. The Morgan fingerprint density at radius 2 is 2.00 bits per heavy atom. The molecule has 0 saturated heterocycles. The van der Waals surface area contributed by atoms with Crippen LogP contribution in [0.15, 0.2) is 30.6 Å². The van der Waals surface area contributed by atoms with Crippen LogP contribution in [-0.2, 0) is 0 Å². The number of halogens is 3. The zero-order valence-corrected chi connectivity index (χ0v) is 10.9. The molecular weight excluding hydrogens is 287 g/mol. The minimum Gasteiger partial charge on any atom is -0.384 e. The first-order valence-corrected chi connectivity index (χ1v) is 6.20. The molecule has 0 aliphatic rings. The SMILES string of the molecule is O=[N+]([O-])c1ccc(NCCCC(F)(F)F)c2cnccc12. The molecule has 8 heteroatoms. The van der Waals surface area contributed by atoms with Gasteiger partial charge in [0.05, 0.1) is 10.3 Å². The molecule has 0 unspecified atom stereocenters. The fourth-order valence-corrected chi connectivity index (χ4v) is 2.00. The number of nitrogens with zero attached hydrogens (tertiary/aromatic N) is 2. The van der Waals surface area contributed by atoms with E-state index >= 15 is 0 Å². The van der Waals surface area contributed by atoms with Crippen LogP contribution < -0.4 is 5.32 Å². The third-order valence-corrected chi connectivity index (χ3v) is 2.94. The van der Waals surface area contributed by atoms with E-state index in [1.165, 1.54) is 30.6 Å². The third kappa shape index (κ3) is 3.80. The van der Waals surface area contributed by atoms with Crippen molar-refractivity contribution in [3.8, 4) is 0 Å². The summed E-state index contributed by atoms with van der Waals surface area (Å²) >= 11 is 0. The molecule has 0 aliphatic carbocycles. The van der Waals surface area contributed by atoms with Gasteiger partial charge in [0.1, 0.15) is 0 Å². The van der Waals surface area contributed by atoms with Crippen LogP contribution in [0.3, 0.4) is 0 Å². The maximum atomic E-state index is 12.1. The minimum atomic E-state index is -4.18. The summed E-state index contributed by atoms with van der Waals surface area (Å²) in [6, 6.07) is 4.32. The fourth-order valence-electron chi connectivity index (χ4n) is 2.00. The number of aromatic nitrogens is 1. The zero-order chi connectivity index (χ0) is 15.5. The van der Waals surface area contributed by atoms with E-state index in [-0.39, 0.29) is 18.7 Å². The molecule has 0 amide bonds. The van der Waals surface area contributed by atoms with E-state index in [1.54, 1.807) is 0 Å². The van der Waals surface area contributed by atoms with Gasteiger partial charge in [0.2, 0.25) is 0 Å². The lowest BCUT2D eigenvalue weighted by Gasteiger charge is -2.10.